The Balaban J connectivity index is 1.40. The summed E-state index contributed by atoms with van der Waals surface area (Å²) in [5.41, 5.74) is 2.96. The minimum Gasteiger partial charge on any atom is -0.512 e. The van der Waals surface area contributed by atoms with Crippen molar-refractivity contribution in [1.29, 1.82) is 0 Å². The lowest BCUT2D eigenvalue weighted by molar-refractivity contribution is 0.160. The van der Waals surface area contributed by atoms with Gasteiger partial charge in [0.05, 0.1) is 23.9 Å². The lowest BCUT2D eigenvalue weighted by Gasteiger charge is -2.32. The van der Waals surface area contributed by atoms with Gasteiger partial charge in [-0.2, -0.15) is 0 Å². The molecule has 1 saturated heterocycles. The van der Waals surface area contributed by atoms with Crippen LogP contribution in [0.2, 0.25) is 0 Å². The number of anilines is 1. The van der Waals surface area contributed by atoms with Crippen LogP contribution in [0, 0.1) is 11.7 Å². The topological polar surface area (TPSA) is 93.0 Å². The van der Waals surface area contributed by atoms with E-state index >= 15 is 0 Å². The molecule has 2 aromatic rings. The van der Waals surface area contributed by atoms with E-state index in [0.29, 0.717) is 48.3 Å². The Hall–Kier alpha value is -3.84. The van der Waals surface area contributed by atoms with Gasteiger partial charge in [-0.25, -0.2) is 9.18 Å². The summed E-state index contributed by atoms with van der Waals surface area (Å²) < 4.78 is 13.3. The summed E-state index contributed by atoms with van der Waals surface area (Å²) in [7, 11) is 0. The molecule has 2 aliphatic carbocycles. The molecule has 0 aromatic heterocycles. The van der Waals surface area contributed by atoms with E-state index in [9.17, 15) is 24.5 Å². The van der Waals surface area contributed by atoms with Gasteiger partial charge in [-0.1, -0.05) is 42.5 Å². The standard InChI is InChI=1S/C30H31FN2O4/c31-22-12-9-19(10-13-22)27(35)16-15-26-29(33(30(37)32-26)23-6-2-1-3-7-23)25-14-11-21(18-28(25)36)20-5-4-8-24(34)17-20/h1-3,5-7,9-10,12-14,17-18,21,26-27,29,34-36H,4,8,11,15-16H2,(H,32,37)/t21?,26?,27-,29+/m0/s1. The maximum Gasteiger partial charge on any atom is 0.322 e. The van der Waals surface area contributed by atoms with Gasteiger partial charge >= 0.3 is 6.03 Å². The molecule has 1 fully saturated rings. The molecule has 0 saturated carbocycles. The molecular formula is C30H31FN2O4. The Morgan fingerprint density at radius 3 is 2.51 bits per heavy atom. The lowest BCUT2D eigenvalue weighted by Crippen LogP contribution is -2.40. The summed E-state index contributed by atoms with van der Waals surface area (Å²) in [5, 5.41) is 34.9. The second-order valence-electron chi connectivity index (χ2n) is 9.78. The first-order chi connectivity index (χ1) is 17.9. The predicted molar refractivity (Wildman–Crippen MR) is 141 cm³/mol. The molecule has 1 heterocycles. The lowest BCUT2D eigenvalue weighted by atomic mass is 9.82. The number of amides is 2. The zero-order valence-electron chi connectivity index (χ0n) is 20.4. The Morgan fingerprint density at radius 2 is 1.81 bits per heavy atom. The van der Waals surface area contributed by atoms with E-state index < -0.39 is 12.1 Å². The summed E-state index contributed by atoms with van der Waals surface area (Å²) >= 11 is 0. The fourth-order valence-electron chi connectivity index (χ4n) is 5.44. The van der Waals surface area contributed by atoms with Gasteiger partial charge in [0.15, 0.2) is 0 Å². The van der Waals surface area contributed by atoms with Crippen molar-refractivity contribution < 1.29 is 24.5 Å². The van der Waals surface area contributed by atoms with E-state index in [1.165, 1.54) is 12.1 Å². The van der Waals surface area contributed by atoms with Gasteiger partial charge in [-0.15, -0.1) is 0 Å². The zero-order chi connectivity index (χ0) is 25.9. The van der Waals surface area contributed by atoms with Gasteiger partial charge in [0.1, 0.15) is 11.6 Å². The van der Waals surface area contributed by atoms with Crippen molar-refractivity contribution in [3.05, 3.63) is 113 Å². The van der Waals surface area contributed by atoms with Gasteiger partial charge in [0, 0.05) is 23.6 Å². The van der Waals surface area contributed by atoms with Crippen molar-refractivity contribution in [2.45, 2.75) is 50.3 Å². The first-order valence-corrected chi connectivity index (χ1v) is 12.7. The summed E-state index contributed by atoms with van der Waals surface area (Å²) in [5.74, 6) is 0.0418. The molecule has 5 rings (SSSR count). The van der Waals surface area contributed by atoms with Gasteiger partial charge in [-0.3, -0.25) is 4.90 Å². The van der Waals surface area contributed by atoms with Crippen LogP contribution in [0.5, 0.6) is 0 Å². The number of urea groups is 1. The largest absolute Gasteiger partial charge is 0.512 e. The smallest absolute Gasteiger partial charge is 0.322 e. The third-order valence-electron chi connectivity index (χ3n) is 7.33. The number of nitrogens with zero attached hydrogens (tertiary/aromatic N) is 1. The highest BCUT2D eigenvalue weighted by molar-refractivity contribution is 5.96. The van der Waals surface area contributed by atoms with Gasteiger partial charge in [-0.05, 0) is 73.2 Å². The van der Waals surface area contributed by atoms with E-state index in [1.807, 2.05) is 36.4 Å². The molecular weight excluding hydrogens is 471 g/mol. The van der Waals surface area contributed by atoms with Crippen molar-refractivity contribution in [3.8, 4) is 0 Å². The molecule has 7 heteroatoms. The number of carbonyl (C=O) groups is 1. The SMILES string of the molecule is O=C1NC(CC[C@H](O)c2ccc(F)cc2)[C@@H](C2=CCC(C3=CCCC(O)=C3)C=C2O)N1c1ccccc1. The number of halogens is 1. The Labute approximate surface area is 215 Å². The zero-order valence-corrected chi connectivity index (χ0v) is 20.4. The fraction of sp³-hybridized carbons (Fsp3) is 0.300. The number of benzene rings is 2. The van der Waals surface area contributed by atoms with E-state index in [0.717, 1.165) is 12.0 Å². The predicted octanol–water partition coefficient (Wildman–Crippen LogP) is 6.16. The normalized spacial score (nSPS) is 24.5. The number of carbonyl (C=O) groups excluding carboxylic acids is 1. The van der Waals surface area contributed by atoms with E-state index in [4.69, 9.17) is 0 Å². The molecule has 2 aromatic carbocycles. The van der Waals surface area contributed by atoms with Crippen molar-refractivity contribution >= 4 is 11.7 Å². The number of allylic oxidation sites excluding steroid dienone is 6. The molecule has 0 radical (unpaired) electrons. The van der Waals surface area contributed by atoms with Crippen LogP contribution in [0.3, 0.4) is 0 Å². The average molecular weight is 503 g/mol. The molecule has 2 amide bonds. The van der Waals surface area contributed by atoms with E-state index in [1.54, 1.807) is 29.2 Å². The van der Waals surface area contributed by atoms with Crippen LogP contribution in [-0.4, -0.2) is 33.4 Å². The first kappa shape index (κ1) is 24.8. The molecule has 1 aliphatic heterocycles. The number of hydrogen-bond acceptors (Lipinski definition) is 4. The van der Waals surface area contributed by atoms with Crippen LogP contribution in [0.15, 0.2) is 102 Å². The third kappa shape index (κ3) is 5.32. The van der Waals surface area contributed by atoms with Gasteiger partial charge < -0.3 is 20.6 Å². The molecule has 3 aliphatic rings. The summed E-state index contributed by atoms with van der Waals surface area (Å²) in [6.45, 7) is 0. The Bertz CT molecular complexity index is 1270. The minimum absolute atomic E-state index is 0.0554. The minimum atomic E-state index is -0.810. The van der Waals surface area contributed by atoms with Crippen molar-refractivity contribution in [3.63, 3.8) is 0 Å². The highest BCUT2D eigenvalue weighted by Crippen LogP contribution is 2.38. The van der Waals surface area contributed by atoms with Crippen molar-refractivity contribution in [2.24, 2.45) is 5.92 Å². The average Bonchev–Trinajstić information content (AvgIpc) is 3.23. The van der Waals surface area contributed by atoms with E-state index in [-0.39, 0.29) is 29.6 Å². The number of rotatable bonds is 7. The fourth-order valence-corrected chi connectivity index (χ4v) is 5.44. The second-order valence-corrected chi connectivity index (χ2v) is 9.78. The molecule has 4 N–H and O–H groups in total. The van der Waals surface area contributed by atoms with Gasteiger partial charge in [0.2, 0.25) is 0 Å². The molecule has 2 unspecified atom stereocenters. The number of nitrogens with one attached hydrogen (secondary N) is 1. The first-order valence-electron chi connectivity index (χ1n) is 12.7. The highest BCUT2D eigenvalue weighted by Gasteiger charge is 2.44. The van der Waals surface area contributed by atoms with E-state index in [2.05, 4.69) is 11.4 Å². The van der Waals surface area contributed by atoms with Crippen LogP contribution in [-0.2, 0) is 0 Å². The molecule has 192 valence electrons. The van der Waals surface area contributed by atoms with Crippen LogP contribution in [0.25, 0.3) is 0 Å². The summed E-state index contributed by atoms with van der Waals surface area (Å²) in [4.78, 5) is 14.8. The van der Waals surface area contributed by atoms with Crippen molar-refractivity contribution in [2.75, 3.05) is 4.90 Å². The van der Waals surface area contributed by atoms with Crippen molar-refractivity contribution in [1.82, 2.24) is 5.32 Å². The maximum absolute atomic E-state index is 13.3. The maximum atomic E-state index is 13.3. The molecule has 0 spiro atoms. The highest BCUT2D eigenvalue weighted by atomic mass is 19.1. The quantitative estimate of drug-likeness (QED) is 0.365. The number of aliphatic hydroxyl groups is 3. The number of hydrogen-bond donors (Lipinski definition) is 4. The molecule has 37 heavy (non-hydrogen) atoms. The molecule has 0 bridgehead atoms. The molecule has 6 nitrogen and oxygen atoms in total. The molecule has 4 atom stereocenters. The van der Waals surface area contributed by atoms with Gasteiger partial charge in [0.25, 0.3) is 0 Å². The Morgan fingerprint density at radius 1 is 1.05 bits per heavy atom. The van der Waals surface area contributed by atoms with Crippen LogP contribution < -0.4 is 10.2 Å². The third-order valence-corrected chi connectivity index (χ3v) is 7.33. The monoisotopic (exact) mass is 502 g/mol. The summed E-state index contributed by atoms with van der Waals surface area (Å²) in [6, 6.07) is 14.0. The number of aliphatic hydroxyl groups excluding tert-OH is 3. The number of para-hydroxylation sites is 1. The Kier molecular flexibility index (Phi) is 7.15. The second kappa shape index (κ2) is 10.6. The summed E-state index contributed by atoms with van der Waals surface area (Å²) in [6.07, 6.45) is 9.65. The van der Waals surface area contributed by atoms with Crippen LogP contribution >= 0.6 is 0 Å². The van der Waals surface area contributed by atoms with Crippen LogP contribution in [0.4, 0.5) is 14.9 Å². The van der Waals surface area contributed by atoms with Crippen LogP contribution in [0.1, 0.15) is 43.8 Å².